The van der Waals surface area contributed by atoms with Gasteiger partial charge in [0, 0.05) is 44.7 Å². The van der Waals surface area contributed by atoms with E-state index >= 15 is 0 Å². The maximum atomic E-state index is 14.0. The van der Waals surface area contributed by atoms with Crippen LogP contribution in [-0.2, 0) is 13.1 Å². The molecule has 0 radical (unpaired) electrons. The van der Waals surface area contributed by atoms with Gasteiger partial charge in [-0.15, -0.1) is 10.2 Å². The van der Waals surface area contributed by atoms with Gasteiger partial charge in [0.2, 0.25) is 0 Å². The molecule has 1 saturated heterocycles. The van der Waals surface area contributed by atoms with Crippen LogP contribution in [0.4, 0.5) is 10.1 Å². The lowest BCUT2D eigenvalue weighted by Crippen LogP contribution is -2.46. The molecule has 2 fully saturated rings. The zero-order chi connectivity index (χ0) is 18.1. The summed E-state index contributed by atoms with van der Waals surface area (Å²) in [6.07, 6.45) is 2.03. The Labute approximate surface area is 153 Å². The topological polar surface area (TPSA) is 63.2 Å². The average Bonchev–Trinajstić information content (AvgIpc) is 3.02. The summed E-state index contributed by atoms with van der Waals surface area (Å²) in [5, 5.41) is 8.91. The Hall–Kier alpha value is -1.99. The number of nitrogens with zero attached hydrogens (tertiary/aromatic N) is 5. The second-order valence-electron chi connectivity index (χ2n) is 7.36. The smallest absolute Gasteiger partial charge is 0.147 e. The van der Waals surface area contributed by atoms with Gasteiger partial charge in [0.05, 0.1) is 12.2 Å². The van der Waals surface area contributed by atoms with E-state index < -0.39 is 0 Å². The molecule has 4 rings (SSSR count). The largest absolute Gasteiger partial charge is 0.367 e. The molecule has 1 aromatic heterocycles. The number of aromatic nitrogens is 3. The van der Waals surface area contributed by atoms with Gasteiger partial charge in [-0.2, -0.15) is 0 Å². The monoisotopic (exact) mass is 358 g/mol. The van der Waals surface area contributed by atoms with E-state index in [4.69, 9.17) is 5.73 Å². The third kappa shape index (κ3) is 3.33. The highest BCUT2D eigenvalue weighted by Gasteiger charge is 2.32. The van der Waals surface area contributed by atoms with Crippen LogP contribution in [0.25, 0.3) is 0 Å². The zero-order valence-corrected chi connectivity index (χ0v) is 15.3. The number of benzene rings is 1. The van der Waals surface area contributed by atoms with Crippen molar-refractivity contribution < 1.29 is 4.39 Å². The van der Waals surface area contributed by atoms with Crippen molar-refractivity contribution in [2.24, 2.45) is 5.73 Å². The van der Waals surface area contributed by atoms with E-state index in [9.17, 15) is 4.39 Å². The predicted molar refractivity (Wildman–Crippen MR) is 99.5 cm³/mol. The summed E-state index contributed by atoms with van der Waals surface area (Å²) in [7, 11) is 0. The highest BCUT2D eigenvalue weighted by molar-refractivity contribution is 5.47. The number of piperazine rings is 1. The number of anilines is 1. The second-order valence-corrected chi connectivity index (χ2v) is 7.36. The minimum absolute atomic E-state index is 0.143. The fourth-order valence-corrected chi connectivity index (χ4v) is 4.04. The Bertz CT molecular complexity index is 746. The average molecular weight is 358 g/mol. The van der Waals surface area contributed by atoms with Gasteiger partial charge in [0.25, 0.3) is 0 Å². The molecule has 0 amide bonds. The van der Waals surface area contributed by atoms with E-state index in [0.717, 1.165) is 63.8 Å². The molecule has 2 heterocycles. The van der Waals surface area contributed by atoms with Crippen LogP contribution < -0.4 is 10.6 Å². The van der Waals surface area contributed by atoms with Crippen molar-refractivity contribution >= 4 is 5.69 Å². The normalized spacial score (nSPS) is 23.9. The van der Waals surface area contributed by atoms with Gasteiger partial charge in [-0.05, 0) is 31.9 Å². The lowest BCUT2D eigenvalue weighted by molar-refractivity contribution is 0.239. The molecule has 0 atom stereocenters. The highest BCUT2D eigenvalue weighted by atomic mass is 19.1. The molecule has 2 aromatic rings. The van der Waals surface area contributed by atoms with Crippen molar-refractivity contribution in [2.45, 2.75) is 44.8 Å². The first-order valence-electron chi connectivity index (χ1n) is 9.55. The fraction of sp³-hybridized carbons (Fsp3) is 0.579. The van der Waals surface area contributed by atoms with Gasteiger partial charge >= 0.3 is 0 Å². The van der Waals surface area contributed by atoms with Crippen LogP contribution in [0.5, 0.6) is 0 Å². The third-order valence-corrected chi connectivity index (χ3v) is 5.64. The number of rotatable bonds is 5. The molecule has 1 aliphatic carbocycles. The SMILES string of the molecule is CCn1c(CN2CCN(c3ccccc3F)CC2)nnc1C1CC(N)C1. The molecule has 1 saturated carbocycles. The molecule has 6 nitrogen and oxygen atoms in total. The van der Waals surface area contributed by atoms with Gasteiger partial charge in [-0.25, -0.2) is 4.39 Å². The van der Waals surface area contributed by atoms with Crippen LogP contribution in [-0.4, -0.2) is 51.9 Å². The molecule has 1 aromatic carbocycles. The minimum Gasteiger partial charge on any atom is -0.367 e. The Morgan fingerprint density at radius 2 is 1.85 bits per heavy atom. The molecule has 26 heavy (non-hydrogen) atoms. The lowest BCUT2D eigenvalue weighted by Gasteiger charge is -2.36. The summed E-state index contributed by atoms with van der Waals surface area (Å²) < 4.78 is 16.2. The highest BCUT2D eigenvalue weighted by Crippen LogP contribution is 2.35. The van der Waals surface area contributed by atoms with E-state index in [0.29, 0.717) is 17.6 Å². The predicted octanol–water partition coefficient (Wildman–Crippen LogP) is 1.96. The molecule has 0 unspecified atom stereocenters. The Morgan fingerprint density at radius 1 is 1.12 bits per heavy atom. The lowest BCUT2D eigenvalue weighted by atomic mass is 9.80. The molecule has 2 N–H and O–H groups in total. The molecule has 0 spiro atoms. The number of halogens is 1. The summed E-state index contributed by atoms with van der Waals surface area (Å²) in [4.78, 5) is 4.50. The third-order valence-electron chi connectivity index (χ3n) is 5.64. The van der Waals surface area contributed by atoms with Gasteiger partial charge in [-0.1, -0.05) is 12.1 Å². The second kappa shape index (κ2) is 7.32. The van der Waals surface area contributed by atoms with E-state index in [1.165, 1.54) is 6.07 Å². The van der Waals surface area contributed by atoms with E-state index in [1.807, 2.05) is 12.1 Å². The summed E-state index contributed by atoms with van der Waals surface area (Å²) in [5.74, 6) is 2.44. The first kappa shape index (κ1) is 17.4. The van der Waals surface area contributed by atoms with Crippen LogP contribution in [0.15, 0.2) is 24.3 Å². The maximum absolute atomic E-state index is 14.0. The molecule has 1 aliphatic heterocycles. The van der Waals surface area contributed by atoms with Crippen LogP contribution in [0.3, 0.4) is 0 Å². The number of nitrogens with two attached hydrogens (primary N) is 1. The first-order valence-corrected chi connectivity index (χ1v) is 9.55. The van der Waals surface area contributed by atoms with Crippen LogP contribution in [0.2, 0.25) is 0 Å². The fourth-order valence-electron chi connectivity index (χ4n) is 4.04. The quantitative estimate of drug-likeness (QED) is 0.885. The summed E-state index contributed by atoms with van der Waals surface area (Å²) in [6, 6.07) is 7.33. The number of para-hydroxylation sites is 1. The van der Waals surface area contributed by atoms with Crippen molar-refractivity contribution in [1.82, 2.24) is 19.7 Å². The van der Waals surface area contributed by atoms with Crippen molar-refractivity contribution in [3.63, 3.8) is 0 Å². The van der Waals surface area contributed by atoms with Crippen molar-refractivity contribution in [2.75, 3.05) is 31.1 Å². The standard InChI is InChI=1S/C19H27FN6/c1-2-26-18(22-23-19(26)14-11-15(21)12-14)13-24-7-9-25(10-8-24)17-6-4-3-5-16(17)20/h3-6,14-15H,2,7-13,21H2,1H3. The summed E-state index contributed by atoms with van der Waals surface area (Å²) in [6.45, 7) is 7.27. The van der Waals surface area contributed by atoms with Crippen molar-refractivity contribution in [3.05, 3.63) is 41.7 Å². The molecular formula is C19H27FN6. The molecule has 0 bridgehead atoms. The molecule has 7 heteroatoms. The van der Waals surface area contributed by atoms with Crippen LogP contribution in [0, 0.1) is 5.82 Å². The Balaban J connectivity index is 1.38. The maximum Gasteiger partial charge on any atom is 0.147 e. The van der Waals surface area contributed by atoms with E-state index in [-0.39, 0.29) is 5.82 Å². The van der Waals surface area contributed by atoms with Crippen LogP contribution >= 0.6 is 0 Å². The Morgan fingerprint density at radius 3 is 2.50 bits per heavy atom. The zero-order valence-electron chi connectivity index (χ0n) is 15.3. The molecule has 2 aliphatic rings. The first-order chi connectivity index (χ1) is 12.7. The molecule has 140 valence electrons. The Kier molecular flexibility index (Phi) is 4.91. The minimum atomic E-state index is -0.143. The summed E-state index contributed by atoms with van der Waals surface area (Å²) in [5.41, 5.74) is 6.63. The van der Waals surface area contributed by atoms with Gasteiger partial charge in [0.15, 0.2) is 0 Å². The van der Waals surface area contributed by atoms with Crippen molar-refractivity contribution in [1.29, 1.82) is 0 Å². The van der Waals surface area contributed by atoms with Gasteiger partial charge in [-0.3, -0.25) is 4.90 Å². The number of hydrogen-bond acceptors (Lipinski definition) is 5. The molecular weight excluding hydrogens is 331 g/mol. The number of hydrogen-bond donors (Lipinski definition) is 1. The van der Waals surface area contributed by atoms with Gasteiger partial charge < -0.3 is 15.2 Å². The van der Waals surface area contributed by atoms with Crippen LogP contribution in [0.1, 0.15) is 37.3 Å². The van der Waals surface area contributed by atoms with E-state index in [1.54, 1.807) is 6.07 Å². The summed E-state index contributed by atoms with van der Waals surface area (Å²) >= 11 is 0. The van der Waals surface area contributed by atoms with Gasteiger partial charge in [0.1, 0.15) is 17.5 Å². The van der Waals surface area contributed by atoms with Crippen molar-refractivity contribution in [3.8, 4) is 0 Å². The van der Waals surface area contributed by atoms with E-state index in [2.05, 4.69) is 31.5 Å².